The number of piperidine rings is 1. The number of likely N-dealkylation sites (tertiary alicyclic amines) is 1. The van der Waals surface area contributed by atoms with E-state index in [1.165, 1.54) is 5.56 Å². The van der Waals surface area contributed by atoms with Gasteiger partial charge >= 0.3 is 0 Å². The summed E-state index contributed by atoms with van der Waals surface area (Å²) in [5.74, 6) is 1.51. The van der Waals surface area contributed by atoms with Crippen LogP contribution in [-0.2, 0) is 5.41 Å². The molecule has 0 radical (unpaired) electrons. The molecule has 1 aliphatic rings. The summed E-state index contributed by atoms with van der Waals surface area (Å²) >= 11 is 0. The molecule has 0 saturated carbocycles. The molecule has 3 rings (SSSR count). The lowest BCUT2D eigenvalue weighted by Crippen LogP contribution is -2.39. The summed E-state index contributed by atoms with van der Waals surface area (Å²) in [5.41, 5.74) is 2.07. The van der Waals surface area contributed by atoms with Crippen LogP contribution in [0.1, 0.15) is 67.2 Å². The van der Waals surface area contributed by atoms with E-state index < -0.39 is 0 Å². The van der Waals surface area contributed by atoms with Gasteiger partial charge in [-0.15, -0.1) is 0 Å². The van der Waals surface area contributed by atoms with Crippen LogP contribution in [0.4, 0.5) is 0 Å². The molecule has 0 unspecified atom stereocenters. The fourth-order valence-corrected chi connectivity index (χ4v) is 3.14. The Balaban J connectivity index is 1.72. The van der Waals surface area contributed by atoms with Gasteiger partial charge < -0.3 is 9.42 Å². The molecule has 1 aliphatic heterocycles. The molecule has 1 aromatic carbocycles. The Kier molecular flexibility index (Phi) is 4.43. The summed E-state index contributed by atoms with van der Waals surface area (Å²) in [7, 11) is 0. The highest BCUT2D eigenvalue weighted by Crippen LogP contribution is 2.27. The first-order valence-electron chi connectivity index (χ1n) is 8.54. The topological polar surface area (TPSA) is 59.2 Å². The molecular weight excluding hydrogens is 302 g/mol. The molecule has 1 fully saturated rings. The van der Waals surface area contributed by atoms with Crippen LogP contribution >= 0.6 is 0 Å². The average Bonchev–Trinajstić information content (AvgIpc) is 3.00. The zero-order valence-electron chi connectivity index (χ0n) is 14.9. The van der Waals surface area contributed by atoms with Crippen LogP contribution in [0, 0.1) is 6.92 Å². The number of carbonyl (C=O) groups is 1. The Labute approximate surface area is 143 Å². The van der Waals surface area contributed by atoms with Gasteiger partial charge in [-0.25, -0.2) is 0 Å². The smallest absolute Gasteiger partial charge is 0.253 e. The molecule has 0 aliphatic carbocycles. The number of aryl methyl sites for hydroxylation is 1. The van der Waals surface area contributed by atoms with Crippen molar-refractivity contribution in [3.8, 4) is 0 Å². The van der Waals surface area contributed by atoms with Crippen LogP contribution in [0.5, 0.6) is 0 Å². The molecule has 24 heavy (non-hydrogen) atoms. The Bertz CT molecular complexity index is 713. The molecule has 1 atom stereocenters. The molecule has 2 heterocycles. The molecule has 128 valence electrons. The van der Waals surface area contributed by atoms with Gasteiger partial charge in [-0.2, -0.15) is 4.98 Å². The molecule has 1 saturated heterocycles. The molecule has 0 spiro atoms. The monoisotopic (exact) mass is 327 g/mol. The highest BCUT2D eigenvalue weighted by Gasteiger charge is 2.29. The first-order chi connectivity index (χ1) is 11.3. The fourth-order valence-electron chi connectivity index (χ4n) is 3.14. The van der Waals surface area contributed by atoms with Crippen LogP contribution in [0.3, 0.4) is 0 Å². The Hall–Kier alpha value is -2.17. The highest BCUT2D eigenvalue weighted by atomic mass is 16.5. The number of carbonyl (C=O) groups excluding carboxylic acids is 1. The molecule has 0 N–H and O–H groups in total. The van der Waals surface area contributed by atoms with Crippen molar-refractivity contribution in [1.29, 1.82) is 0 Å². The lowest BCUT2D eigenvalue weighted by Gasteiger charge is -2.31. The first kappa shape index (κ1) is 16.7. The summed E-state index contributed by atoms with van der Waals surface area (Å²) in [6.07, 6.45) is 1.94. The van der Waals surface area contributed by atoms with Crippen molar-refractivity contribution >= 4 is 5.91 Å². The molecular formula is C19H25N3O2. The number of hydrogen-bond acceptors (Lipinski definition) is 4. The molecule has 1 aromatic heterocycles. The maximum atomic E-state index is 12.8. The van der Waals surface area contributed by atoms with Gasteiger partial charge in [0.1, 0.15) is 0 Å². The Morgan fingerprint density at radius 2 is 1.96 bits per heavy atom. The zero-order valence-corrected chi connectivity index (χ0v) is 14.9. The molecule has 5 nitrogen and oxygen atoms in total. The van der Waals surface area contributed by atoms with Crippen LogP contribution < -0.4 is 0 Å². The van der Waals surface area contributed by atoms with Gasteiger partial charge in [-0.1, -0.05) is 38.1 Å². The second-order valence-corrected chi connectivity index (χ2v) is 7.60. The molecule has 5 heteroatoms. The van der Waals surface area contributed by atoms with Crippen molar-refractivity contribution in [3.63, 3.8) is 0 Å². The van der Waals surface area contributed by atoms with Gasteiger partial charge in [0.2, 0.25) is 5.89 Å². The second kappa shape index (κ2) is 6.38. The summed E-state index contributed by atoms with van der Waals surface area (Å²) in [5, 5.41) is 3.86. The van der Waals surface area contributed by atoms with Crippen molar-refractivity contribution < 1.29 is 9.32 Å². The van der Waals surface area contributed by atoms with Gasteiger partial charge in [0.15, 0.2) is 5.82 Å². The summed E-state index contributed by atoms with van der Waals surface area (Å²) in [6, 6.07) is 7.97. The van der Waals surface area contributed by atoms with Gasteiger partial charge in [0.05, 0.1) is 5.92 Å². The van der Waals surface area contributed by atoms with E-state index in [-0.39, 0.29) is 17.2 Å². The number of hydrogen-bond donors (Lipinski definition) is 0. The number of amides is 1. The number of aromatic nitrogens is 2. The predicted molar refractivity (Wildman–Crippen MR) is 92.1 cm³/mol. The van der Waals surface area contributed by atoms with Gasteiger partial charge in [-0.05, 0) is 42.9 Å². The Morgan fingerprint density at radius 3 is 2.54 bits per heavy atom. The highest BCUT2D eigenvalue weighted by molar-refractivity contribution is 5.94. The summed E-state index contributed by atoms with van der Waals surface area (Å²) in [4.78, 5) is 19.0. The van der Waals surface area contributed by atoms with Crippen LogP contribution in [-0.4, -0.2) is 34.0 Å². The normalized spacial score (nSPS) is 18.7. The quantitative estimate of drug-likeness (QED) is 0.844. The SMILES string of the molecule is Cc1noc([C@H]2CCCN(C(=O)c3ccc(C(C)(C)C)cc3)C2)n1. The van der Waals surface area contributed by atoms with E-state index >= 15 is 0 Å². The van der Waals surface area contributed by atoms with E-state index in [0.717, 1.165) is 24.9 Å². The molecule has 0 bridgehead atoms. The van der Waals surface area contributed by atoms with Crippen molar-refractivity contribution in [2.75, 3.05) is 13.1 Å². The largest absolute Gasteiger partial charge is 0.339 e. The van der Waals surface area contributed by atoms with Crippen molar-refractivity contribution in [2.24, 2.45) is 0 Å². The Morgan fingerprint density at radius 1 is 1.25 bits per heavy atom. The zero-order chi connectivity index (χ0) is 17.3. The standard InChI is InChI=1S/C19H25N3O2/c1-13-20-17(24-21-13)15-6-5-11-22(12-15)18(23)14-7-9-16(10-8-14)19(2,3)4/h7-10,15H,5-6,11-12H2,1-4H3/t15-/m0/s1. The average molecular weight is 327 g/mol. The second-order valence-electron chi connectivity index (χ2n) is 7.60. The number of benzene rings is 1. The van der Waals surface area contributed by atoms with Crippen molar-refractivity contribution in [2.45, 2.75) is 51.9 Å². The van der Waals surface area contributed by atoms with Gasteiger partial charge in [0.25, 0.3) is 5.91 Å². The van der Waals surface area contributed by atoms with Crippen LogP contribution in [0.25, 0.3) is 0 Å². The fraction of sp³-hybridized carbons (Fsp3) is 0.526. The van der Waals surface area contributed by atoms with E-state index in [1.807, 2.05) is 24.0 Å². The summed E-state index contributed by atoms with van der Waals surface area (Å²) < 4.78 is 5.29. The lowest BCUT2D eigenvalue weighted by atomic mass is 9.86. The van der Waals surface area contributed by atoms with Gasteiger partial charge in [0, 0.05) is 18.7 Å². The molecule has 2 aromatic rings. The number of rotatable bonds is 2. The van der Waals surface area contributed by atoms with Gasteiger partial charge in [-0.3, -0.25) is 4.79 Å². The van der Waals surface area contributed by atoms with Crippen LogP contribution in [0.2, 0.25) is 0 Å². The maximum Gasteiger partial charge on any atom is 0.253 e. The minimum Gasteiger partial charge on any atom is -0.339 e. The van der Waals surface area contributed by atoms with E-state index in [4.69, 9.17) is 4.52 Å². The van der Waals surface area contributed by atoms with E-state index in [0.29, 0.717) is 18.3 Å². The van der Waals surface area contributed by atoms with E-state index in [9.17, 15) is 4.79 Å². The minimum absolute atomic E-state index is 0.0800. The third-order valence-corrected chi connectivity index (χ3v) is 4.60. The maximum absolute atomic E-state index is 12.8. The third kappa shape index (κ3) is 3.50. The number of nitrogens with zero attached hydrogens (tertiary/aromatic N) is 3. The first-order valence-corrected chi connectivity index (χ1v) is 8.54. The molecule has 1 amide bonds. The van der Waals surface area contributed by atoms with Crippen molar-refractivity contribution in [1.82, 2.24) is 15.0 Å². The predicted octanol–water partition coefficient (Wildman–Crippen LogP) is 3.70. The van der Waals surface area contributed by atoms with E-state index in [2.05, 4.69) is 43.0 Å². The summed E-state index contributed by atoms with van der Waals surface area (Å²) in [6.45, 7) is 9.75. The van der Waals surface area contributed by atoms with Crippen LogP contribution in [0.15, 0.2) is 28.8 Å². The lowest BCUT2D eigenvalue weighted by molar-refractivity contribution is 0.0695. The third-order valence-electron chi connectivity index (χ3n) is 4.60. The van der Waals surface area contributed by atoms with Crippen molar-refractivity contribution in [3.05, 3.63) is 47.1 Å². The minimum atomic E-state index is 0.0800. The van der Waals surface area contributed by atoms with E-state index in [1.54, 1.807) is 0 Å².